The molecule has 0 saturated carbocycles. The molecule has 6 nitrogen and oxygen atoms in total. The number of aromatic nitrogens is 2. The highest BCUT2D eigenvalue weighted by atomic mass is 16.4. The van der Waals surface area contributed by atoms with Crippen molar-refractivity contribution in [3.8, 4) is 0 Å². The predicted molar refractivity (Wildman–Crippen MR) is 58.9 cm³/mol. The van der Waals surface area contributed by atoms with Crippen molar-refractivity contribution in [1.82, 2.24) is 10.2 Å². The molecule has 0 amide bonds. The summed E-state index contributed by atoms with van der Waals surface area (Å²) in [5.74, 6) is -1.86. The molecule has 0 radical (unpaired) electrons. The molecule has 17 heavy (non-hydrogen) atoms. The summed E-state index contributed by atoms with van der Waals surface area (Å²) in [6.45, 7) is 0. The number of benzene rings is 1. The Morgan fingerprint density at radius 1 is 1.24 bits per heavy atom. The molecule has 0 atom stereocenters. The van der Waals surface area contributed by atoms with E-state index in [2.05, 4.69) is 10.2 Å². The van der Waals surface area contributed by atoms with E-state index in [1.54, 1.807) is 24.3 Å². The molecule has 1 heterocycles. The van der Waals surface area contributed by atoms with Crippen LogP contribution in [0.15, 0.2) is 29.1 Å². The highest BCUT2D eigenvalue weighted by molar-refractivity contribution is 6.11. The highest BCUT2D eigenvalue weighted by Gasteiger charge is 2.16. The van der Waals surface area contributed by atoms with E-state index in [0.717, 1.165) is 0 Å². The van der Waals surface area contributed by atoms with E-state index in [1.165, 1.54) is 0 Å². The van der Waals surface area contributed by atoms with Crippen molar-refractivity contribution in [2.24, 2.45) is 0 Å². The van der Waals surface area contributed by atoms with Crippen LogP contribution in [0.4, 0.5) is 0 Å². The van der Waals surface area contributed by atoms with Crippen molar-refractivity contribution in [3.63, 3.8) is 0 Å². The van der Waals surface area contributed by atoms with Crippen LogP contribution in [0.5, 0.6) is 0 Å². The Morgan fingerprint density at radius 3 is 2.53 bits per heavy atom. The van der Waals surface area contributed by atoms with Crippen LogP contribution in [-0.4, -0.2) is 27.1 Å². The quantitative estimate of drug-likeness (QED) is 0.595. The lowest BCUT2D eigenvalue weighted by Gasteiger charge is -2.01. The molecule has 0 spiro atoms. The third-order valence-electron chi connectivity index (χ3n) is 2.27. The molecule has 0 aliphatic rings. The first kappa shape index (κ1) is 11.0. The van der Waals surface area contributed by atoms with Gasteiger partial charge in [0.15, 0.2) is 5.78 Å². The number of carboxylic acids is 1. The number of rotatable bonds is 3. The van der Waals surface area contributed by atoms with Gasteiger partial charge in [-0.2, -0.15) is 5.10 Å². The minimum Gasteiger partial charge on any atom is -0.481 e. The van der Waals surface area contributed by atoms with E-state index in [-0.39, 0.29) is 5.69 Å². The Kier molecular flexibility index (Phi) is 2.70. The monoisotopic (exact) mass is 232 g/mol. The normalized spacial score (nSPS) is 10.4. The minimum atomic E-state index is -1.23. The van der Waals surface area contributed by atoms with Gasteiger partial charge in [0, 0.05) is 5.39 Å². The average molecular weight is 232 g/mol. The summed E-state index contributed by atoms with van der Waals surface area (Å²) in [6, 6.07) is 6.42. The van der Waals surface area contributed by atoms with E-state index in [4.69, 9.17) is 5.11 Å². The number of nitrogens with one attached hydrogen (secondary N) is 1. The fraction of sp³-hybridized carbons (Fsp3) is 0.0909. The summed E-state index contributed by atoms with van der Waals surface area (Å²) in [5.41, 5.74) is -0.435. The second-order valence-corrected chi connectivity index (χ2v) is 3.44. The van der Waals surface area contributed by atoms with Crippen LogP contribution in [-0.2, 0) is 4.79 Å². The lowest BCUT2D eigenvalue weighted by Crippen LogP contribution is -2.16. The number of hydrogen-bond acceptors (Lipinski definition) is 4. The molecule has 0 saturated heterocycles. The van der Waals surface area contributed by atoms with Crippen molar-refractivity contribution >= 4 is 22.5 Å². The molecule has 0 unspecified atom stereocenters. The maximum Gasteiger partial charge on any atom is 0.311 e. The van der Waals surface area contributed by atoms with Gasteiger partial charge in [0.1, 0.15) is 12.1 Å². The van der Waals surface area contributed by atoms with E-state index in [1.807, 2.05) is 0 Å². The van der Waals surface area contributed by atoms with Gasteiger partial charge in [0.25, 0.3) is 5.56 Å². The Hall–Kier alpha value is -2.50. The number of hydrogen-bond donors (Lipinski definition) is 2. The first-order valence-electron chi connectivity index (χ1n) is 4.82. The van der Waals surface area contributed by atoms with Crippen LogP contribution in [0.3, 0.4) is 0 Å². The largest absolute Gasteiger partial charge is 0.481 e. The standard InChI is InChI=1S/C11H8N2O4/c14-8(5-9(15)16)10-6-3-1-2-4-7(6)11(17)13-12-10/h1-4H,5H2,(H,13,17)(H,15,16). The second kappa shape index (κ2) is 4.17. The molecule has 6 heteroatoms. The van der Waals surface area contributed by atoms with E-state index in [0.29, 0.717) is 10.8 Å². The summed E-state index contributed by atoms with van der Waals surface area (Å²) in [7, 11) is 0. The minimum absolute atomic E-state index is 0.0254. The Balaban J connectivity index is 2.63. The number of ketones is 1. The average Bonchev–Trinajstić information content (AvgIpc) is 2.29. The Morgan fingerprint density at radius 2 is 1.88 bits per heavy atom. The van der Waals surface area contributed by atoms with Crippen molar-refractivity contribution in [3.05, 3.63) is 40.3 Å². The zero-order valence-electron chi connectivity index (χ0n) is 8.64. The van der Waals surface area contributed by atoms with Gasteiger partial charge in [-0.1, -0.05) is 18.2 Å². The van der Waals surface area contributed by atoms with Crippen molar-refractivity contribution in [1.29, 1.82) is 0 Å². The molecule has 0 aliphatic carbocycles. The summed E-state index contributed by atoms with van der Waals surface area (Å²) >= 11 is 0. The van der Waals surface area contributed by atoms with Gasteiger partial charge in [-0.15, -0.1) is 0 Å². The van der Waals surface area contributed by atoms with E-state index in [9.17, 15) is 14.4 Å². The second-order valence-electron chi connectivity index (χ2n) is 3.44. The fourth-order valence-electron chi connectivity index (χ4n) is 1.55. The van der Waals surface area contributed by atoms with E-state index < -0.39 is 23.7 Å². The number of H-pyrrole nitrogens is 1. The molecule has 2 aromatic rings. The molecule has 2 rings (SSSR count). The van der Waals surface area contributed by atoms with Gasteiger partial charge < -0.3 is 5.11 Å². The van der Waals surface area contributed by atoms with Crippen molar-refractivity contribution < 1.29 is 14.7 Å². The first-order valence-corrected chi connectivity index (χ1v) is 4.82. The van der Waals surface area contributed by atoms with Crippen LogP contribution in [0.1, 0.15) is 16.9 Å². The molecule has 0 aliphatic heterocycles. The number of carbonyl (C=O) groups excluding carboxylic acids is 1. The number of aromatic amines is 1. The number of Topliss-reactive ketones (excluding diaryl/α,β-unsaturated/α-hetero) is 1. The molecule has 86 valence electrons. The summed E-state index contributed by atoms with van der Waals surface area (Å²) in [5, 5.41) is 15.0. The van der Waals surface area contributed by atoms with E-state index >= 15 is 0 Å². The van der Waals surface area contributed by atoms with Crippen LogP contribution in [0.25, 0.3) is 10.8 Å². The molecular formula is C11H8N2O4. The topological polar surface area (TPSA) is 100 Å². The zero-order chi connectivity index (χ0) is 12.4. The highest BCUT2D eigenvalue weighted by Crippen LogP contribution is 2.13. The van der Waals surface area contributed by atoms with Crippen LogP contribution in [0, 0.1) is 0 Å². The van der Waals surface area contributed by atoms with Gasteiger partial charge in [-0.3, -0.25) is 14.4 Å². The Labute approximate surface area is 94.9 Å². The molecule has 1 aromatic heterocycles. The van der Waals surface area contributed by atoms with Crippen LogP contribution < -0.4 is 5.56 Å². The van der Waals surface area contributed by atoms with Crippen LogP contribution in [0.2, 0.25) is 0 Å². The molecule has 0 bridgehead atoms. The van der Waals surface area contributed by atoms with Gasteiger partial charge in [0.05, 0.1) is 5.39 Å². The van der Waals surface area contributed by atoms with Gasteiger partial charge in [-0.25, -0.2) is 5.10 Å². The molecule has 0 fully saturated rings. The maximum absolute atomic E-state index is 11.6. The third-order valence-corrected chi connectivity index (χ3v) is 2.27. The molecule has 1 aromatic carbocycles. The number of carbonyl (C=O) groups is 2. The third kappa shape index (κ3) is 2.05. The van der Waals surface area contributed by atoms with Gasteiger partial charge in [-0.05, 0) is 6.07 Å². The Bertz CT molecular complexity index is 660. The number of nitrogens with zero attached hydrogens (tertiary/aromatic N) is 1. The lowest BCUT2D eigenvalue weighted by atomic mass is 10.1. The first-order chi connectivity index (χ1) is 8.09. The maximum atomic E-state index is 11.6. The molecular weight excluding hydrogens is 224 g/mol. The van der Waals surface area contributed by atoms with Crippen molar-refractivity contribution in [2.45, 2.75) is 6.42 Å². The SMILES string of the molecule is O=C(O)CC(=O)c1n[nH]c(=O)c2ccccc12. The van der Waals surface area contributed by atoms with Crippen LogP contribution >= 0.6 is 0 Å². The number of carboxylic acid groups (broad SMARTS) is 1. The zero-order valence-corrected chi connectivity index (χ0v) is 8.64. The summed E-state index contributed by atoms with van der Waals surface area (Å²) < 4.78 is 0. The smallest absolute Gasteiger partial charge is 0.311 e. The number of aliphatic carboxylic acids is 1. The fourth-order valence-corrected chi connectivity index (χ4v) is 1.55. The van der Waals surface area contributed by atoms with Crippen molar-refractivity contribution in [2.75, 3.05) is 0 Å². The molecule has 2 N–H and O–H groups in total. The van der Waals surface area contributed by atoms with Gasteiger partial charge >= 0.3 is 5.97 Å². The number of fused-ring (bicyclic) bond motifs is 1. The van der Waals surface area contributed by atoms with Gasteiger partial charge in [0.2, 0.25) is 0 Å². The predicted octanol–water partition coefficient (Wildman–Crippen LogP) is 0.580. The lowest BCUT2D eigenvalue weighted by molar-refractivity contribution is -0.135. The summed E-state index contributed by atoms with van der Waals surface area (Å²) in [6.07, 6.45) is -0.650. The summed E-state index contributed by atoms with van der Waals surface area (Å²) in [4.78, 5) is 33.5.